The molecule has 2 aliphatic rings. The molecule has 0 amide bonds. The molecule has 114 valence electrons. The van der Waals surface area contributed by atoms with Gasteiger partial charge in [-0.25, -0.2) is 9.97 Å². The van der Waals surface area contributed by atoms with Crippen LogP contribution in [0.5, 0.6) is 0 Å². The van der Waals surface area contributed by atoms with E-state index in [2.05, 4.69) is 15.1 Å². The number of ketones is 1. The van der Waals surface area contributed by atoms with E-state index in [4.69, 9.17) is 16.1 Å². The highest BCUT2D eigenvalue weighted by Gasteiger charge is 2.48. The van der Waals surface area contributed by atoms with E-state index in [1.165, 1.54) is 0 Å². The van der Waals surface area contributed by atoms with Crippen molar-refractivity contribution >= 4 is 17.4 Å². The Labute approximate surface area is 133 Å². The maximum atomic E-state index is 12.6. The van der Waals surface area contributed by atoms with Crippen molar-refractivity contribution in [2.45, 2.75) is 50.4 Å². The predicted molar refractivity (Wildman–Crippen MR) is 80.6 cm³/mol. The summed E-state index contributed by atoms with van der Waals surface area (Å²) < 4.78 is 5.67. The van der Waals surface area contributed by atoms with E-state index < -0.39 is 5.41 Å². The molecular weight excluding hydrogens is 302 g/mol. The van der Waals surface area contributed by atoms with Crippen molar-refractivity contribution < 1.29 is 9.32 Å². The lowest BCUT2D eigenvalue weighted by Crippen LogP contribution is -2.41. The summed E-state index contributed by atoms with van der Waals surface area (Å²) in [6, 6.07) is 1.77. The van der Waals surface area contributed by atoms with Gasteiger partial charge in [-0.1, -0.05) is 11.6 Å². The summed E-state index contributed by atoms with van der Waals surface area (Å²) >= 11 is 5.88. The third-order valence-electron chi connectivity index (χ3n) is 4.91. The minimum Gasteiger partial charge on any atom is -0.359 e. The number of hydrogen-bond acceptors (Lipinski definition) is 5. The van der Waals surface area contributed by atoms with E-state index in [1.807, 2.05) is 0 Å². The van der Waals surface area contributed by atoms with Crippen LogP contribution < -0.4 is 0 Å². The third kappa shape index (κ3) is 1.99. The summed E-state index contributed by atoms with van der Waals surface area (Å²) in [6.45, 7) is 0. The second-order valence-corrected chi connectivity index (χ2v) is 6.45. The van der Waals surface area contributed by atoms with Crippen LogP contribution in [-0.2, 0) is 16.6 Å². The first-order valence-electron chi connectivity index (χ1n) is 7.72. The van der Waals surface area contributed by atoms with E-state index in [0.29, 0.717) is 23.6 Å². The highest BCUT2D eigenvalue weighted by atomic mass is 35.5. The van der Waals surface area contributed by atoms with Gasteiger partial charge in [-0.3, -0.25) is 4.79 Å². The number of rotatable bonds is 1. The van der Waals surface area contributed by atoms with Crippen molar-refractivity contribution in [2.75, 3.05) is 0 Å². The van der Waals surface area contributed by atoms with Crippen LogP contribution in [0.25, 0.3) is 11.4 Å². The van der Waals surface area contributed by atoms with Crippen LogP contribution in [0.3, 0.4) is 0 Å². The Balaban J connectivity index is 1.84. The van der Waals surface area contributed by atoms with Gasteiger partial charge in [0, 0.05) is 18.2 Å². The van der Waals surface area contributed by atoms with Gasteiger partial charge in [0.2, 0.25) is 5.28 Å². The summed E-state index contributed by atoms with van der Waals surface area (Å²) in [5.74, 6) is 1.08. The van der Waals surface area contributed by atoms with E-state index >= 15 is 0 Å². The minimum atomic E-state index is -0.450. The molecule has 1 saturated carbocycles. The summed E-state index contributed by atoms with van der Waals surface area (Å²) in [5.41, 5.74) is 1.94. The number of nitrogens with zero attached hydrogens (tertiary/aromatic N) is 3. The molecule has 0 aromatic carbocycles. The van der Waals surface area contributed by atoms with E-state index in [9.17, 15) is 4.79 Å². The van der Waals surface area contributed by atoms with Crippen molar-refractivity contribution in [2.24, 2.45) is 0 Å². The van der Waals surface area contributed by atoms with Crippen molar-refractivity contribution in [1.29, 1.82) is 0 Å². The number of hydrogen-bond donors (Lipinski definition) is 0. The fourth-order valence-electron chi connectivity index (χ4n) is 3.86. The predicted octanol–water partition coefficient (Wildman–Crippen LogP) is 3.50. The van der Waals surface area contributed by atoms with Gasteiger partial charge in [0.15, 0.2) is 5.76 Å². The monoisotopic (exact) mass is 317 g/mol. The van der Waals surface area contributed by atoms with Gasteiger partial charge in [-0.05, 0) is 49.8 Å². The summed E-state index contributed by atoms with van der Waals surface area (Å²) in [5, 5.41) is 4.41. The molecular formula is C16H16ClN3O2. The fourth-order valence-corrected chi connectivity index (χ4v) is 4.01. The molecule has 2 aromatic heterocycles. The Morgan fingerprint density at radius 3 is 2.86 bits per heavy atom. The lowest BCUT2D eigenvalue weighted by Gasteiger charge is -2.36. The molecule has 1 fully saturated rings. The van der Waals surface area contributed by atoms with Crippen LogP contribution in [-0.4, -0.2) is 20.9 Å². The average molecular weight is 318 g/mol. The fraction of sp³-hybridized carbons (Fsp3) is 0.500. The zero-order valence-corrected chi connectivity index (χ0v) is 12.9. The summed E-state index contributed by atoms with van der Waals surface area (Å²) in [7, 11) is 0. The topological polar surface area (TPSA) is 68.9 Å². The molecule has 5 nitrogen and oxygen atoms in total. The van der Waals surface area contributed by atoms with Gasteiger partial charge in [-0.2, -0.15) is 0 Å². The van der Waals surface area contributed by atoms with Gasteiger partial charge >= 0.3 is 0 Å². The zero-order valence-electron chi connectivity index (χ0n) is 12.1. The second kappa shape index (κ2) is 5.16. The van der Waals surface area contributed by atoms with Gasteiger partial charge in [0.05, 0.1) is 11.1 Å². The van der Waals surface area contributed by atoms with Crippen LogP contribution in [0.1, 0.15) is 49.8 Å². The Hall–Kier alpha value is -1.75. The number of carbonyl (C=O) groups excluding carboxylic acids is 1. The highest BCUT2D eigenvalue weighted by molar-refractivity contribution is 6.28. The van der Waals surface area contributed by atoms with Crippen LogP contribution in [0.15, 0.2) is 16.8 Å². The van der Waals surface area contributed by atoms with Gasteiger partial charge in [0.25, 0.3) is 0 Å². The first-order chi connectivity index (χ1) is 10.7. The molecule has 6 heteroatoms. The van der Waals surface area contributed by atoms with Crippen LogP contribution in [0.4, 0.5) is 0 Å². The Kier molecular flexibility index (Phi) is 3.26. The number of halogens is 1. The molecule has 0 saturated heterocycles. The average Bonchev–Trinajstić information content (AvgIpc) is 2.96. The number of fused-ring (bicyclic) bond motifs is 2. The molecule has 0 aliphatic heterocycles. The highest BCUT2D eigenvalue weighted by Crippen LogP contribution is 2.47. The molecule has 0 bridgehead atoms. The molecule has 2 aromatic rings. The summed E-state index contributed by atoms with van der Waals surface area (Å²) in [6.07, 6.45) is 7.90. The van der Waals surface area contributed by atoms with Crippen molar-refractivity contribution in [3.63, 3.8) is 0 Å². The molecule has 2 aliphatic carbocycles. The zero-order chi connectivity index (χ0) is 15.2. The Bertz CT molecular complexity index is 743. The van der Waals surface area contributed by atoms with Gasteiger partial charge in [-0.15, -0.1) is 0 Å². The molecule has 0 unspecified atom stereocenters. The third-order valence-corrected chi connectivity index (χ3v) is 5.10. The largest absolute Gasteiger partial charge is 0.359 e. The Morgan fingerprint density at radius 1 is 1.18 bits per heavy atom. The molecule has 4 rings (SSSR count). The molecule has 2 heterocycles. The maximum absolute atomic E-state index is 12.6. The van der Waals surface area contributed by atoms with Gasteiger partial charge in [0.1, 0.15) is 11.5 Å². The quantitative estimate of drug-likeness (QED) is 0.753. The van der Waals surface area contributed by atoms with Crippen LogP contribution in [0, 0.1) is 0 Å². The number of carbonyl (C=O) groups is 1. The lowest BCUT2D eigenvalue weighted by atomic mass is 9.64. The molecule has 22 heavy (non-hydrogen) atoms. The maximum Gasteiger partial charge on any atom is 0.222 e. The first-order valence-corrected chi connectivity index (χ1v) is 8.10. The SMILES string of the molecule is O=C1CCCC[C@@]12CCCc1c(-c3ccnc(Cl)n3)noc12. The number of Topliss-reactive ketones (excluding diaryl/α,β-unsaturated/α-hetero) is 1. The lowest BCUT2D eigenvalue weighted by molar-refractivity contribution is -0.128. The van der Waals surface area contributed by atoms with Crippen molar-refractivity contribution in [3.05, 3.63) is 28.9 Å². The van der Waals surface area contributed by atoms with Crippen LogP contribution >= 0.6 is 11.6 Å². The van der Waals surface area contributed by atoms with Gasteiger partial charge < -0.3 is 4.52 Å². The smallest absolute Gasteiger partial charge is 0.222 e. The Morgan fingerprint density at radius 2 is 2.05 bits per heavy atom. The van der Waals surface area contributed by atoms with E-state index in [0.717, 1.165) is 49.8 Å². The normalized spacial score (nSPS) is 24.5. The standard InChI is InChI=1S/C16H16ClN3O2/c17-15-18-9-6-11(19-15)13-10-4-3-8-16(14(10)22-20-13)7-2-1-5-12(16)21/h6,9H,1-5,7-8H2/t16-/m1/s1. The van der Waals surface area contributed by atoms with Crippen molar-refractivity contribution in [1.82, 2.24) is 15.1 Å². The summed E-state index contributed by atoms with van der Waals surface area (Å²) in [4.78, 5) is 20.7. The van der Waals surface area contributed by atoms with E-state index in [1.54, 1.807) is 12.3 Å². The molecule has 0 radical (unpaired) electrons. The van der Waals surface area contributed by atoms with E-state index in [-0.39, 0.29) is 5.28 Å². The van der Waals surface area contributed by atoms with Crippen molar-refractivity contribution in [3.8, 4) is 11.4 Å². The van der Waals surface area contributed by atoms with Crippen LogP contribution in [0.2, 0.25) is 5.28 Å². The number of aromatic nitrogens is 3. The minimum absolute atomic E-state index is 0.188. The first kappa shape index (κ1) is 13.9. The second-order valence-electron chi connectivity index (χ2n) is 6.12. The molecule has 1 spiro atoms. The molecule has 1 atom stereocenters. The molecule has 0 N–H and O–H groups in total.